The number of hydrazone groups is 1. The number of amides is 1. The lowest BCUT2D eigenvalue weighted by Gasteiger charge is -1.98. The van der Waals surface area contributed by atoms with Gasteiger partial charge in [0.05, 0.1) is 0 Å². The summed E-state index contributed by atoms with van der Waals surface area (Å²) in [6.07, 6.45) is 4.89. The average Bonchev–Trinajstić information content (AvgIpc) is 2.24. The summed E-state index contributed by atoms with van der Waals surface area (Å²) in [5.74, 6) is -0.879. The number of hydrogen-bond acceptors (Lipinski definition) is 2. The molecule has 1 N–H and O–H groups in total. The van der Waals surface area contributed by atoms with Crippen LogP contribution in [0.4, 0.5) is 4.39 Å². The van der Waals surface area contributed by atoms with Crippen molar-refractivity contribution in [3.8, 4) is 0 Å². The summed E-state index contributed by atoms with van der Waals surface area (Å²) in [6, 6.07) is 5.42. The van der Waals surface area contributed by atoms with Crippen molar-refractivity contribution >= 4 is 12.1 Å². The van der Waals surface area contributed by atoms with Gasteiger partial charge in [-0.05, 0) is 31.2 Å². The van der Waals surface area contributed by atoms with E-state index in [2.05, 4.69) is 10.5 Å². The number of rotatable bonds is 3. The molecule has 0 spiro atoms. The molecule has 1 amide bonds. The second-order valence-electron chi connectivity index (χ2n) is 2.76. The summed E-state index contributed by atoms with van der Waals surface area (Å²) < 4.78 is 12.7. The third kappa shape index (κ3) is 3.72. The predicted octanol–water partition coefficient (Wildman–Crippen LogP) is 2.12. The Labute approximate surface area is 87.3 Å². The van der Waals surface area contributed by atoms with Gasteiger partial charge in [0.1, 0.15) is 5.82 Å². The molecule has 3 nitrogen and oxygen atoms in total. The number of carbonyl (C=O) groups excluding carboxylic acids is 1. The van der Waals surface area contributed by atoms with Crippen LogP contribution in [0.2, 0.25) is 0 Å². The average molecular weight is 206 g/mol. The maximum absolute atomic E-state index is 12.7. The van der Waals surface area contributed by atoms with Gasteiger partial charge in [-0.2, -0.15) is 5.10 Å². The number of nitrogens with zero attached hydrogens (tertiary/aromatic N) is 1. The molecule has 78 valence electrons. The maximum Gasteiger partial charge on any atom is 0.271 e. The summed E-state index contributed by atoms with van der Waals surface area (Å²) in [7, 11) is 0. The van der Waals surface area contributed by atoms with Gasteiger partial charge >= 0.3 is 0 Å². The van der Waals surface area contributed by atoms with E-state index in [0.29, 0.717) is 0 Å². The number of carbonyl (C=O) groups is 1. The Kier molecular flexibility index (Phi) is 4.22. The molecule has 4 heteroatoms. The molecule has 0 bridgehead atoms. The van der Waals surface area contributed by atoms with Gasteiger partial charge in [0.15, 0.2) is 0 Å². The highest BCUT2D eigenvalue weighted by Crippen LogP contribution is 2.02. The van der Waals surface area contributed by atoms with Crippen molar-refractivity contribution in [3.05, 3.63) is 47.8 Å². The molecule has 0 aliphatic rings. The molecule has 0 atom stereocenters. The Morgan fingerprint density at radius 2 is 2.33 bits per heavy atom. The lowest BCUT2D eigenvalue weighted by atomic mass is 10.2. The van der Waals surface area contributed by atoms with Gasteiger partial charge < -0.3 is 0 Å². The Hall–Kier alpha value is -1.97. The van der Waals surface area contributed by atoms with E-state index in [1.54, 1.807) is 12.2 Å². The molecule has 0 aromatic heterocycles. The van der Waals surface area contributed by atoms with Crippen molar-refractivity contribution in [3.63, 3.8) is 0 Å². The van der Waals surface area contributed by atoms with Gasteiger partial charge in [-0.1, -0.05) is 12.1 Å². The Morgan fingerprint density at radius 3 is 3.00 bits per heavy atom. The largest absolute Gasteiger partial charge is 0.271 e. The van der Waals surface area contributed by atoms with E-state index in [-0.39, 0.29) is 5.56 Å². The number of halogens is 1. The number of benzene rings is 1. The minimum Gasteiger partial charge on any atom is -0.267 e. The third-order valence-corrected chi connectivity index (χ3v) is 1.61. The zero-order valence-corrected chi connectivity index (χ0v) is 8.27. The zero-order chi connectivity index (χ0) is 11.1. The highest BCUT2D eigenvalue weighted by atomic mass is 19.1. The molecule has 0 saturated heterocycles. The first-order chi connectivity index (χ1) is 7.24. The van der Waals surface area contributed by atoms with Crippen molar-refractivity contribution in [1.82, 2.24) is 5.43 Å². The van der Waals surface area contributed by atoms with Crippen molar-refractivity contribution in [1.29, 1.82) is 0 Å². The molecule has 0 aliphatic carbocycles. The normalized spacial score (nSPS) is 11.1. The first-order valence-corrected chi connectivity index (χ1v) is 4.44. The van der Waals surface area contributed by atoms with E-state index in [4.69, 9.17) is 0 Å². The molecule has 1 aromatic carbocycles. The summed E-state index contributed by atoms with van der Waals surface area (Å²) in [4.78, 5) is 11.3. The summed E-state index contributed by atoms with van der Waals surface area (Å²) >= 11 is 0. The number of allylic oxidation sites excluding steroid dienone is 2. The maximum atomic E-state index is 12.7. The van der Waals surface area contributed by atoms with Crippen LogP contribution >= 0.6 is 0 Å². The van der Waals surface area contributed by atoms with Crippen LogP contribution in [0.15, 0.2) is 41.5 Å². The standard InChI is InChI=1S/C11H11FN2O/c1-2-3-7-13-14-11(15)9-5-4-6-10(12)8-9/h2-8H,1H3,(H,14,15). The van der Waals surface area contributed by atoms with Crippen LogP contribution in [0, 0.1) is 5.82 Å². The molecule has 15 heavy (non-hydrogen) atoms. The second-order valence-corrected chi connectivity index (χ2v) is 2.76. The van der Waals surface area contributed by atoms with Crippen LogP contribution in [0.25, 0.3) is 0 Å². The SMILES string of the molecule is CC=CC=NNC(=O)c1cccc(F)c1. The van der Waals surface area contributed by atoms with E-state index in [0.717, 1.165) is 6.07 Å². The second kappa shape index (κ2) is 5.70. The molecular weight excluding hydrogens is 195 g/mol. The first kappa shape index (κ1) is 11.1. The summed E-state index contributed by atoms with van der Waals surface area (Å²) in [6.45, 7) is 1.83. The molecule has 1 aromatic rings. The smallest absolute Gasteiger partial charge is 0.267 e. The van der Waals surface area contributed by atoms with Crippen LogP contribution in [-0.2, 0) is 0 Å². The van der Waals surface area contributed by atoms with Crippen molar-refractivity contribution in [2.75, 3.05) is 0 Å². The van der Waals surface area contributed by atoms with Gasteiger partial charge in [-0.3, -0.25) is 4.79 Å². The van der Waals surface area contributed by atoms with Crippen LogP contribution in [0.1, 0.15) is 17.3 Å². The molecule has 0 heterocycles. The highest BCUT2D eigenvalue weighted by Gasteiger charge is 2.03. The number of hydrogen-bond donors (Lipinski definition) is 1. The molecule has 0 saturated carbocycles. The lowest BCUT2D eigenvalue weighted by Crippen LogP contribution is -2.17. The monoisotopic (exact) mass is 206 g/mol. The van der Waals surface area contributed by atoms with Crippen LogP contribution in [0.5, 0.6) is 0 Å². The van der Waals surface area contributed by atoms with Gasteiger partial charge in [-0.25, -0.2) is 9.82 Å². The van der Waals surface area contributed by atoms with E-state index in [1.165, 1.54) is 24.4 Å². The van der Waals surface area contributed by atoms with Gasteiger partial charge in [0, 0.05) is 11.8 Å². The van der Waals surface area contributed by atoms with E-state index in [9.17, 15) is 9.18 Å². The Morgan fingerprint density at radius 1 is 1.53 bits per heavy atom. The zero-order valence-electron chi connectivity index (χ0n) is 8.27. The fraction of sp³-hybridized carbons (Fsp3) is 0.0909. The van der Waals surface area contributed by atoms with E-state index < -0.39 is 11.7 Å². The number of nitrogens with one attached hydrogen (secondary N) is 1. The fourth-order valence-electron chi connectivity index (χ4n) is 0.919. The van der Waals surface area contributed by atoms with E-state index in [1.807, 2.05) is 6.92 Å². The van der Waals surface area contributed by atoms with Crippen LogP contribution in [-0.4, -0.2) is 12.1 Å². The van der Waals surface area contributed by atoms with E-state index >= 15 is 0 Å². The van der Waals surface area contributed by atoms with Crippen LogP contribution < -0.4 is 5.43 Å². The van der Waals surface area contributed by atoms with Crippen LogP contribution in [0.3, 0.4) is 0 Å². The lowest BCUT2D eigenvalue weighted by molar-refractivity contribution is 0.0954. The first-order valence-electron chi connectivity index (χ1n) is 4.44. The molecular formula is C11H11FN2O. The third-order valence-electron chi connectivity index (χ3n) is 1.61. The topological polar surface area (TPSA) is 41.5 Å². The summed E-state index contributed by atoms with van der Waals surface area (Å²) in [5.41, 5.74) is 2.52. The van der Waals surface area contributed by atoms with Crippen molar-refractivity contribution < 1.29 is 9.18 Å². The Bertz CT molecular complexity index is 399. The van der Waals surface area contributed by atoms with Gasteiger partial charge in [-0.15, -0.1) is 0 Å². The molecule has 0 fully saturated rings. The van der Waals surface area contributed by atoms with Crippen molar-refractivity contribution in [2.24, 2.45) is 5.10 Å². The minimum absolute atomic E-state index is 0.243. The molecule has 0 unspecified atom stereocenters. The molecule has 1 rings (SSSR count). The quantitative estimate of drug-likeness (QED) is 0.597. The Balaban J connectivity index is 2.61. The molecule has 0 radical (unpaired) electrons. The minimum atomic E-state index is -0.444. The van der Waals surface area contributed by atoms with Gasteiger partial charge in [0.25, 0.3) is 5.91 Å². The molecule has 0 aliphatic heterocycles. The predicted molar refractivity (Wildman–Crippen MR) is 57.2 cm³/mol. The highest BCUT2D eigenvalue weighted by molar-refractivity contribution is 5.94. The van der Waals surface area contributed by atoms with Crippen molar-refractivity contribution in [2.45, 2.75) is 6.92 Å². The van der Waals surface area contributed by atoms with Gasteiger partial charge in [0.2, 0.25) is 0 Å². The summed E-state index contributed by atoms with van der Waals surface area (Å²) in [5, 5.41) is 3.63. The fourth-order valence-corrected chi connectivity index (χ4v) is 0.919.